The highest BCUT2D eigenvalue weighted by Gasteiger charge is 2.31. The smallest absolute Gasteiger partial charge is 0.264 e. The fourth-order valence-corrected chi connectivity index (χ4v) is 4.56. The molecule has 3 aliphatic rings. The zero-order chi connectivity index (χ0) is 21.1. The standard InChI is InChI=1S/C22H27ClN6O2/c23-22(25-8-1-9-26-22)28-16-2-5-18(6-3-16)31-21-15-24-19-7-4-17(14-20(19)27-21)29-10-12-30-13-11-29/h1,4,7-9,14-16,18,25,28H,2-3,5-6,10-13H2. The summed E-state index contributed by atoms with van der Waals surface area (Å²) in [6.07, 6.45) is 10.9. The van der Waals surface area contributed by atoms with Gasteiger partial charge < -0.3 is 19.7 Å². The topological polar surface area (TPSA) is 83.9 Å². The molecule has 8 nitrogen and oxygen atoms in total. The molecule has 1 aromatic carbocycles. The number of aromatic nitrogens is 2. The molecule has 164 valence electrons. The van der Waals surface area contributed by atoms with E-state index in [2.05, 4.69) is 37.6 Å². The largest absolute Gasteiger partial charge is 0.473 e. The van der Waals surface area contributed by atoms with E-state index in [9.17, 15) is 0 Å². The van der Waals surface area contributed by atoms with Crippen LogP contribution < -0.4 is 20.3 Å². The second kappa shape index (κ2) is 8.98. The summed E-state index contributed by atoms with van der Waals surface area (Å²) >= 11 is 6.47. The molecule has 1 aromatic heterocycles. The van der Waals surface area contributed by atoms with Crippen LogP contribution in [0.25, 0.3) is 11.0 Å². The molecule has 2 N–H and O–H groups in total. The summed E-state index contributed by atoms with van der Waals surface area (Å²) in [6.45, 7) is 3.31. The molecule has 0 amide bonds. The minimum absolute atomic E-state index is 0.126. The van der Waals surface area contributed by atoms with Crippen LogP contribution in [0, 0.1) is 0 Å². The molecule has 3 heterocycles. The van der Waals surface area contributed by atoms with Crippen LogP contribution >= 0.6 is 11.6 Å². The predicted molar refractivity (Wildman–Crippen MR) is 122 cm³/mol. The SMILES string of the molecule is ClC1(NC2CCC(Oc3cnc4ccc(N5CCOCC5)cc4n3)CC2)N=CC=CN1. The number of morpholine rings is 1. The van der Waals surface area contributed by atoms with Crippen LogP contribution in [0.4, 0.5) is 5.69 Å². The van der Waals surface area contributed by atoms with Gasteiger partial charge in [-0.25, -0.2) is 15.0 Å². The number of halogens is 1. The number of ether oxygens (including phenoxy) is 2. The lowest BCUT2D eigenvalue weighted by Crippen LogP contribution is -2.55. The van der Waals surface area contributed by atoms with Gasteiger partial charge in [0.2, 0.25) is 5.88 Å². The van der Waals surface area contributed by atoms with E-state index in [1.165, 1.54) is 0 Å². The molecule has 1 saturated carbocycles. The number of aliphatic imine (C=N–C) groups is 1. The van der Waals surface area contributed by atoms with Crippen molar-refractivity contribution in [1.29, 1.82) is 0 Å². The summed E-state index contributed by atoms with van der Waals surface area (Å²) in [6, 6.07) is 6.49. The van der Waals surface area contributed by atoms with Crippen molar-refractivity contribution in [3.8, 4) is 5.88 Å². The quantitative estimate of drug-likeness (QED) is 0.544. The summed E-state index contributed by atoms with van der Waals surface area (Å²) in [5.41, 5.74) is 2.88. The average molecular weight is 443 g/mol. The fourth-order valence-electron chi connectivity index (χ4n) is 4.29. The van der Waals surface area contributed by atoms with Crippen molar-refractivity contribution in [2.24, 2.45) is 4.99 Å². The Morgan fingerprint density at radius 2 is 2.00 bits per heavy atom. The zero-order valence-corrected chi connectivity index (χ0v) is 18.1. The number of nitrogens with zero attached hydrogens (tertiary/aromatic N) is 4. The highest BCUT2D eigenvalue weighted by molar-refractivity contribution is 6.23. The molecule has 0 spiro atoms. The Hall–Kier alpha value is -2.42. The molecule has 2 aliphatic heterocycles. The summed E-state index contributed by atoms with van der Waals surface area (Å²) in [5.74, 6) is 0.584. The van der Waals surface area contributed by atoms with E-state index < -0.39 is 5.25 Å². The second-order valence-corrected chi connectivity index (χ2v) is 8.67. The maximum absolute atomic E-state index is 6.47. The Balaban J connectivity index is 1.19. The van der Waals surface area contributed by atoms with E-state index in [0.717, 1.165) is 68.7 Å². The van der Waals surface area contributed by atoms with Crippen molar-refractivity contribution >= 4 is 34.5 Å². The Kier molecular flexibility index (Phi) is 5.93. The van der Waals surface area contributed by atoms with Crippen LogP contribution in [0.1, 0.15) is 25.7 Å². The number of hydrogen-bond donors (Lipinski definition) is 2. The van der Waals surface area contributed by atoms with Gasteiger partial charge in [0.25, 0.3) is 5.25 Å². The lowest BCUT2D eigenvalue weighted by molar-refractivity contribution is 0.122. The van der Waals surface area contributed by atoms with Crippen molar-refractivity contribution in [3.05, 3.63) is 36.7 Å². The van der Waals surface area contributed by atoms with Gasteiger partial charge in [-0.15, -0.1) is 0 Å². The zero-order valence-electron chi connectivity index (χ0n) is 17.3. The van der Waals surface area contributed by atoms with Crippen molar-refractivity contribution in [2.45, 2.75) is 43.1 Å². The number of rotatable bonds is 5. The second-order valence-electron chi connectivity index (χ2n) is 8.12. The molecule has 31 heavy (non-hydrogen) atoms. The van der Waals surface area contributed by atoms with E-state index in [0.29, 0.717) is 5.88 Å². The van der Waals surface area contributed by atoms with Crippen LogP contribution in [0.2, 0.25) is 0 Å². The Labute approximate surface area is 186 Å². The summed E-state index contributed by atoms with van der Waals surface area (Å²) in [5, 5.41) is 5.49. The third kappa shape index (κ3) is 4.92. The van der Waals surface area contributed by atoms with E-state index in [1.807, 2.05) is 12.1 Å². The number of hydrogen-bond acceptors (Lipinski definition) is 8. The van der Waals surface area contributed by atoms with Crippen molar-refractivity contribution < 1.29 is 9.47 Å². The van der Waals surface area contributed by atoms with Crippen molar-refractivity contribution in [3.63, 3.8) is 0 Å². The first-order valence-electron chi connectivity index (χ1n) is 10.9. The lowest BCUT2D eigenvalue weighted by atomic mass is 9.93. The van der Waals surface area contributed by atoms with Crippen molar-refractivity contribution in [2.75, 3.05) is 31.2 Å². The first-order valence-corrected chi connectivity index (χ1v) is 11.3. The van der Waals surface area contributed by atoms with Gasteiger partial charge in [-0.2, -0.15) is 0 Å². The third-order valence-corrected chi connectivity index (χ3v) is 6.26. The predicted octanol–water partition coefficient (Wildman–Crippen LogP) is 2.78. The number of alkyl halides is 1. The minimum atomic E-state index is -0.949. The Morgan fingerprint density at radius 1 is 1.16 bits per heavy atom. The van der Waals surface area contributed by atoms with Gasteiger partial charge in [0.05, 0.1) is 30.4 Å². The normalized spacial score (nSPS) is 28.5. The van der Waals surface area contributed by atoms with E-state index >= 15 is 0 Å². The first kappa shape index (κ1) is 20.5. The lowest BCUT2D eigenvalue weighted by Gasteiger charge is -2.35. The first-order chi connectivity index (χ1) is 15.2. The van der Waals surface area contributed by atoms with E-state index in [-0.39, 0.29) is 12.1 Å². The summed E-state index contributed by atoms with van der Waals surface area (Å²) in [7, 11) is 0. The van der Waals surface area contributed by atoms with Gasteiger partial charge in [-0.05, 0) is 50.0 Å². The molecule has 9 heteroatoms. The number of nitrogens with one attached hydrogen (secondary N) is 2. The van der Waals surface area contributed by atoms with E-state index in [4.69, 9.17) is 26.1 Å². The average Bonchev–Trinajstić information content (AvgIpc) is 2.81. The maximum atomic E-state index is 6.47. The number of anilines is 1. The van der Waals surface area contributed by atoms with Crippen LogP contribution in [0.5, 0.6) is 5.88 Å². The Morgan fingerprint density at radius 3 is 2.77 bits per heavy atom. The highest BCUT2D eigenvalue weighted by atomic mass is 35.5. The fraction of sp³-hybridized carbons (Fsp3) is 0.500. The van der Waals surface area contributed by atoms with Gasteiger partial charge >= 0.3 is 0 Å². The van der Waals surface area contributed by atoms with Crippen molar-refractivity contribution in [1.82, 2.24) is 20.6 Å². The number of fused-ring (bicyclic) bond motifs is 1. The number of benzene rings is 1. The molecular weight excluding hydrogens is 416 g/mol. The third-order valence-electron chi connectivity index (χ3n) is 5.95. The summed E-state index contributed by atoms with van der Waals surface area (Å²) < 4.78 is 11.6. The molecule has 0 bridgehead atoms. The molecule has 5 rings (SSSR count). The molecule has 1 atom stereocenters. The summed E-state index contributed by atoms with van der Waals surface area (Å²) in [4.78, 5) is 15.9. The molecule has 1 saturated heterocycles. The van der Waals surface area contributed by atoms with Gasteiger partial charge in [-0.1, -0.05) is 11.6 Å². The van der Waals surface area contributed by atoms with E-state index in [1.54, 1.807) is 18.6 Å². The monoisotopic (exact) mass is 442 g/mol. The van der Waals surface area contributed by atoms with Gasteiger partial charge in [0.1, 0.15) is 6.10 Å². The maximum Gasteiger partial charge on any atom is 0.264 e. The molecule has 1 unspecified atom stereocenters. The molecule has 2 aromatic rings. The highest BCUT2D eigenvalue weighted by Crippen LogP contribution is 2.27. The Bertz CT molecular complexity index is 972. The van der Waals surface area contributed by atoms with Crippen LogP contribution in [0.15, 0.2) is 41.7 Å². The van der Waals surface area contributed by atoms with Gasteiger partial charge in [0.15, 0.2) is 0 Å². The van der Waals surface area contributed by atoms with Crippen LogP contribution in [-0.4, -0.2) is 59.9 Å². The van der Waals surface area contributed by atoms with Crippen LogP contribution in [0.3, 0.4) is 0 Å². The van der Waals surface area contributed by atoms with Gasteiger partial charge in [0, 0.05) is 37.2 Å². The van der Waals surface area contributed by atoms with Crippen LogP contribution in [-0.2, 0) is 4.74 Å². The molecule has 0 radical (unpaired) electrons. The minimum Gasteiger partial charge on any atom is -0.473 e. The molecular formula is C22H27ClN6O2. The van der Waals surface area contributed by atoms with Gasteiger partial charge in [-0.3, -0.25) is 5.32 Å². The molecule has 1 aliphatic carbocycles. The molecule has 2 fully saturated rings. The number of allylic oxidation sites excluding steroid dienone is 1.